The van der Waals surface area contributed by atoms with Gasteiger partial charge in [-0.25, -0.2) is 4.98 Å². The molecule has 1 aromatic heterocycles. The molecule has 0 bridgehead atoms. The molecule has 1 saturated heterocycles. The third kappa shape index (κ3) is 3.55. The number of hydrogen-bond donors (Lipinski definition) is 0. The summed E-state index contributed by atoms with van der Waals surface area (Å²) in [5, 5.41) is 0. The van der Waals surface area contributed by atoms with E-state index < -0.39 is 0 Å². The van der Waals surface area contributed by atoms with Gasteiger partial charge in [-0.15, -0.1) is 0 Å². The Morgan fingerprint density at radius 1 is 1.29 bits per heavy atom. The van der Waals surface area contributed by atoms with Crippen molar-refractivity contribution in [2.24, 2.45) is 0 Å². The SMILES string of the molecule is CCC1CCCCN1C(=O)c1ccc(N(CC)CC)cn1. The van der Waals surface area contributed by atoms with Gasteiger partial charge in [0.2, 0.25) is 0 Å². The molecular formula is C17H27N3O. The summed E-state index contributed by atoms with van der Waals surface area (Å²) in [5.74, 6) is 0.0904. The summed E-state index contributed by atoms with van der Waals surface area (Å²) < 4.78 is 0. The van der Waals surface area contributed by atoms with Gasteiger partial charge in [0, 0.05) is 25.7 Å². The van der Waals surface area contributed by atoms with Gasteiger partial charge < -0.3 is 9.80 Å². The van der Waals surface area contributed by atoms with Crippen molar-refractivity contribution in [3.8, 4) is 0 Å². The summed E-state index contributed by atoms with van der Waals surface area (Å²) in [6, 6.07) is 4.27. The lowest BCUT2D eigenvalue weighted by molar-refractivity contribution is 0.0602. The van der Waals surface area contributed by atoms with Crippen LogP contribution in [0.1, 0.15) is 56.9 Å². The average Bonchev–Trinajstić information content (AvgIpc) is 2.56. The number of aromatic nitrogens is 1. The van der Waals surface area contributed by atoms with Gasteiger partial charge >= 0.3 is 0 Å². The first-order chi connectivity index (χ1) is 10.2. The zero-order valence-electron chi connectivity index (χ0n) is 13.5. The molecule has 1 atom stereocenters. The molecule has 1 unspecified atom stereocenters. The Balaban J connectivity index is 2.12. The van der Waals surface area contributed by atoms with E-state index in [4.69, 9.17) is 0 Å². The van der Waals surface area contributed by atoms with Gasteiger partial charge in [0.1, 0.15) is 5.69 Å². The fourth-order valence-corrected chi connectivity index (χ4v) is 3.13. The molecule has 0 aliphatic carbocycles. The van der Waals surface area contributed by atoms with Crippen LogP contribution >= 0.6 is 0 Å². The lowest BCUT2D eigenvalue weighted by Crippen LogP contribution is -2.43. The van der Waals surface area contributed by atoms with Gasteiger partial charge in [-0.05, 0) is 51.7 Å². The fraction of sp³-hybridized carbons (Fsp3) is 0.647. The summed E-state index contributed by atoms with van der Waals surface area (Å²) in [7, 11) is 0. The second-order valence-electron chi connectivity index (χ2n) is 5.63. The van der Waals surface area contributed by atoms with Crippen molar-refractivity contribution in [2.45, 2.75) is 52.5 Å². The molecule has 0 saturated carbocycles. The second kappa shape index (κ2) is 7.43. The van der Waals surface area contributed by atoms with Crippen LogP contribution in [0.3, 0.4) is 0 Å². The molecule has 0 spiro atoms. The zero-order chi connectivity index (χ0) is 15.2. The highest BCUT2D eigenvalue weighted by Gasteiger charge is 2.26. The molecule has 0 aromatic carbocycles. The first-order valence-electron chi connectivity index (χ1n) is 8.23. The van der Waals surface area contributed by atoms with Crippen molar-refractivity contribution in [1.82, 2.24) is 9.88 Å². The van der Waals surface area contributed by atoms with Gasteiger partial charge in [-0.2, -0.15) is 0 Å². The van der Waals surface area contributed by atoms with Gasteiger partial charge in [0.15, 0.2) is 0 Å². The number of rotatable bonds is 5. The molecule has 2 rings (SSSR count). The third-order valence-electron chi connectivity index (χ3n) is 4.45. The van der Waals surface area contributed by atoms with Crippen molar-refractivity contribution in [3.05, 3.63) is 24.0 Å². The van der Waals surface area contributed by atoms with Gasteiger partial charge in [-0.3, -0.25) is 4.79 Å². The predicted octanol–water partition coefficient (Wildman–Crippen LogP) is 3.33. The maximum Gasteiger partial charge on any atom is 0.272 e. The molecule has 0 N–H and O–H groups in total. The Morgan fingerprint density at radius 3 is 2.62 bits per heavy atom. The first kappa shape index (κ1) is 15.8. The maximum absolute atomic E-state index is 12.6. The highest BCUT2D eigenvalue weighted by atomic mass is 16.2. The molecule has 1 aliphatic rings. The molecular weight excluding hydrogens is 262 g/mol. The molecule has 1 aromatic rings. The summed E-state index contributed by atoms with van der Waals surface area (Å²) >= 11 is 0. The second-order valence-corrected chi connectivity index (χ2v) is 5.63. The van der Waals surface area contributed by atoms with E-state index >= 15 is 0 Å². The molecule has 1 aliphatic heterocycles. The van der Waals surface area contributed by atoms with Gasteiger partial charge in [-0.1, -0.05) is 6.92 Å². The van der Waals surface area contributed by atoms with Crippen LogP contribution in [0, 0.1) is 0 Å². The Hall–Kier alpha value is -1.58. The number of carbonyl (C=O) groups excluding carboxylic acids is 1. The van der Waals surface area contributed by atoms with E-state index in [0.29, 0.717) is 11.7 Å². The van der Waals surface area contributed by atoms with Crippen molar-refractivity contribution in [1.29, 1.82) is 0 Å². The number of carbonyl (C=O) groups is 1. The molecule has 2 heterocycles. The van der Waals surface area contributed by atoms with Crippen LogP contribution in [-0.4, -0.2) is 41.5 Å². The monoisotopic (exact) mass is 289 g/mol. The largest absolute Gasteiger partial charge is 0.371 e. The topological polar surface area (TPSA) is 36.4 Å². The van der Waals surface area contributed by atoms with E-state index in [-0.39, 0.29) is 5.91 Å². The quantitative estimate of drug-likeness (QED) is 0.834. The summed E-state index contributed by atoms with van der Waals surface area (Å²) in [4.78, 5) is 21.3. The number of nitrogens with zero attached hydrogens (tertiary/aromatic N) is 3. The maximum atomic E-state index is 12.6. The van der Waals surface area contributed by atoms with Crippen molar-refractivity contribution < 1.29 is 4.79 Å². The molecule has 4 heteroatoms. The lowest BCUT2D eigenvalue weighted by atomic mass is 9.99. The Labute approximate surface area is 128 Å². The smallest absolute Gasteiger partial charge is 0.272 e. The molecule has 4 nitrogen and oxygen atoms in total. The van der Waals surface area contributed by atoms with E-state index in [1.54, 1.807) is 0 Å². The van der Waals surface area contributed by atoms with Crippen LogP contribution in [-0.2, 0) is 0 Å². The standard InChI is InChI=1S/C17H27N3O/c1-4-14-9-7-8-12-20(14)17(21)16-11-10-15(13-18-16)19(5-2)6-3/h10-11,13-14H,4-9,12H2,1-3H3. The minimum absolute atomic E-state index is 0.0904. The third-order valence-corrected chi connectivity index (χ3v) is 4.45. The zero-order valence-corrected chi connectivity index (χ0v) is 13.5. The van der Waals surface area contributed by atoms with E-state index in [0.717, 1.165) is 44.6 Å². The highest BCUT2D eigenvalue weighted by Crippen LogP contribution is 2.22. The van der Waals surface area contributed by atoms with Crippen LogP contribution in [0.25, 0.3) is 0 Å². The Bertz CT molecular complexity index is 454. The van der Waals surface area contributed by atoms with Crippen LogP contribution in [0.2, 0.25) is 0 Å². The number of amides is 1. The normalized spacial score (nSPS) is 18.6. The van der Waals surface area contributed by atoms with E-state index in [2.05, 4.69) is 30.7 Å². The summed E-state index contributed by atoms with van der Waals surface area (Å²) in [6.45, 7) is 9.19. The number of anilines is 1. The minimum Gasteiger partial charge on any atom is -0.371 e. The Morgan fingerprint density at radius 2 is 2.05 bits per heavy atom. The molecule has 21 heavy (non-hydrogen) atoms. The van der Waals surface area contributed by atoms with Crippen LogP contribution < -0.4 is 4.90 Å². The number of piperidine rings is 1. The van der Waals surface area contributed by atoms with E-state index in [1.807, 2.05) is 23.2 Å². The first-order valence-corrected chi connectivity index (χ1v) is 8.23. The fourth-order valence-electron chi connectivity index (χ4n) is 3.13. The van der Waals surface area contributed by atoms with Crippen LogP contribution in [0.5, 0.6) is 0 Å². The highest BCUT2D eigenvalue weighted by molar-refractivity contribution is 5.92. The molecule has 0 radical (unpaired) electrons. The molecule has 1 fully saturated rings. The van der Waals surface area contributed by atoms with Crippen LogP contribution in [0.15, 0.2) is 18.3 Å². The van der Waals surface area contributed by atoms with E-state index in [1.165, 1.54) is 6.42 Å². The van der Waals surface area contributed by atoms with Gasteiger partial charge in [0.05, 0.1) is 11.9 Å². The summed E-state index contributed by atoms with van der Waals surface area (Å²) in [5.41, 5.74) is 1.66. The number of likely N-dealkylation sites (tertiary alicyclic amines) is 1. The molecule has 1 amide bonds. The van der Waals surface area contributed by atoms with Gasteiger partial charge in [0.25, 0.3) is 5.91 Å². The lowest BCUT2D eigenvalue weighted by Gasteiger charge is -2.35. The minimum atomic E-state index is 0.0904. The van der Waals surface area contributed by atoms with Crippen molar-refractivity contribution in [3.63, 3.8) is 0 Å². The predicted molar refractivity (Wildman–Crippen MR) is 86.8 cm³/mol. The number of hydrogen-bond acceptors (Lipinski definition) is 3. The van der Waals surface area contributed by atoms with Crippen molar-refractivity contribution >= 4 is 11.6 Å². The van der Waals surface area contributed by atoms with Crippen molar-refractivity contribution in [2.75, 3.05) is 24.5 Å². The number of pyridine rings is 1. The van der Waals surface area contributed by atoms with Crippen LogP contribution in [0.4, 0.5) is 5.69 Å². The Kier molecular flexibility index (Phi) is 5.59. The summed E-state index contributed by atoms with van der Waals surface area (Å²) in [6.07, 6.45) is 6.32. The van der Waals surface area contributed by atoms with E-state index in [9.17, 15) is 4.79 Å². The average molecular weight is 289 g/mol. The molecule has 116 valence electrons.